The van der Waals surface area contributed by atoms with E-state index in [9.17, 15) is 4.79 Å². The maximum Gasteiger partial charge on any atom is 0.328 e. The Balaban J connectivity index is 1.52. The number of hydrogen-bond acceptors (Lipinski definition) is 6. The van der Waals surface area contributed by atoms with E-state index in [0.717, 1.165) is 61.5 Å². The van der Waals surface area contributed by atoms with E-state index in [2.05, 4.69) is 29.3 Å². The van der Waals surface area contributed by atoms with Gasteiger partial charge in [-0.05, 0) is 95.1 Å². The number of likely N-dealkylation sites (tertiary alicyclic amines) is 1. The maximum absolute atomic E-state index is 12.1. The number of nitrogens with zero attached hydrogens (tertiary/aromatic N) is 2. The largest absolute Gasteiger partial charge is 0.493 e. The van der Waals surface area contributed by atoms with Gasteiger partial charge in [0.05, 0.1) is 18.7 Å². The number of rotatable bonds is 9. The SMILES string of the molecule is CCOC(=O)C(C)Nc1nc2cc(OCCCN3CCCC3)c(C)cc2c2c1CCC2. The highest BCUT2D eigenvalue weighted by atomic mass is 16.5. The van der Waals surface area contributed by atoms with E-state index < -0.39 is 6.04 Å². The van der Waals surface area contributed by atoms with Gasteiger partial charge in [-0.2, -0.15) is 0 Å². The number of carbonyl (C=O) groups excluding carboxylic acids is 1. The molecule has 1 saturated heterocycles. The van der Waals surface area contributed by atoms with Crippen molar-refractivity contribution in [3.63, 3.8) is 0 Å². The molecule has 1 aromatic carbocycles. The zero-order chi connectivity index (χ0) is 21.8. The van der Waals surface area contributed by atoms with Gasteiger partial charge in [-0.15, -0.1) is 0 Å². The number of benzene rings is 1. The third-order valence-electron chi connectivity index (χ3n) is 6.42. The average Bonchev–Trinajstić information content (AvgIpc) is 3.44. The predicted molar refractivity (Wildman–Crippen MR) is 124 cm³/mol. The molecule has 1 atom stereocenters. The number of carbonyl (C=O) groups is 1. The first-order valence-corrected chi connectivity index (χ1v) is 11.8. The highest BCUT2D eigenvalue weighted by Crippen LogP contribution is 2.36. The lowest BCUT2D eigenvalue weighted by molar-refractivity contribution is -0.143. The molecule has 1 unspecified atom stereocenters. The van der Waals surface area contributed by atoms with Gasteiger partial charge in [0.15, 0.2) is 0 Å². The number of esters is 1. The van der Waals surface area contributed by atoms with Gasteiger partial charge >= 0.3 is 5.97 Å². The van der Waals surface area contributed by atoms with Gasteiger partial charge in [0.1, 0.15) is 17.6 Å². The molecule has 31 heavy (non-hydrogen) atoms. The van der Waals surface area contributed by atoms with Crippen LogP contribution in [0.2, 0.25) is 0 Å². The third-order valence-corrected chi connectivity index (χ3v) is 6.42. The van der Waals surface area contributed by atoms with E-state index in [1.165, 1.54) is 42.4 Å². The summed E-state index contributed by atoms with van der Waals surface area (Å²) in [5.41, 5.74) is 4.68. The second-order valence-electron chi connectivity index (χ2n) is 8.77. The monoisotopic (exact) mass is 425 g/mol. The van der Waals surface area contributed by atoms with Crippen LogP contribution in [-0.2, 0) is 22.4 Å². The van der Waals surface area contributed by atoms with Crippen molar-refractivity contribution in [1.29, 1.82) is 0 Å². The molecule has 1 fully saturated rings. The summed E-state index contributed by atoms with van der Waals surface area (Å²) >= 11 is 0. The number of hydrogen-bond donors (Lipinski definition) is 1. The number of ether oxygens (including phenoxy) is 2. The molecule has 0 radical (unpaired) electrons. The Morgan fingerprint density at radius 2 is 1.97 bits per heavy atom. The van der Waals surface area contributed by atoms with Crippen molar-refractivity contribution in [2.75, 3.05) is 38.2 Å². The molecule has 6 nitrogen and oxygen atoms in total. The van der Waals surface area contributed by atoms with Gasteiger partial charge in [0, 0.05) is 18.0 Å². The second kappa shape index (κ2) is 9.86. The summed E-state index contributed by atoms with van der Waals surface area (Å²) in [5, 5.41) is 4.52. The molecule has 0 saturated carbocycles. The quantitative estimate of drug-likeness (QED) is 0.478. The summed E-state index contributed by atoms with van der Waals surface area (Å²) in [6, 6.07) is 3.86. The van der Waals surface area contributed by atoms with Crippen molar-refractivity contribution in [1.82, 2.24) is 9.88 Å². The van der Waals surface area contributed by atoms with Crippen LogP contribution in [0.5, 0.6) is 5.75 Å². The minimum Gasteiger partial charge on any atom is -0.493 e. The molecule has 2 aliphatic rings. The molecule has 1 aromatic heterocycles. The second-order valence-corrected chi connectivity index (χ2v) is 8.77. The van der Waals surface area contributed by atoms with Gasteiger partial charge in [0.25, 0.3) is 0 Å². The molecular weight excluding hydrogens is 390 g/mol. The lowest BCUT2D eigenvalue weighted by atomic mass is 10.0. The van der Waals surface area contributed by atoms with E-state index in [4.69, 9.17) is 14.5 Å². The van der Waals surface area contributed by atoms with Crippen LogP contribution in [0.3, 0.4) is 0 Å². The topological polar surface area (TPSA) is 63.7 Å². The molecule has 0 amide bonds. The van der Waals surface area contributed by atoms with Crippen molar-refractivity contribution >= 4 is 22.7 Å². The van der Waals surface area contributed by atoms with Crippen LogP contribution in [-0.4, -0.2) is 54.7 Å². The molecule has 4 rings (SSSR count). The standard InChI is InChI=1S/C25H35N3O3/c1-4-30-25(29)18(3)26-24-20-10-7-9-19(20)21-15-17(2)23(16-22(21)27-24)31-14-8-13-28-11-5-6-12-28/h15-16,18H,4-14H2,1-3H3,(H,26,27). The number of anilines is 1. The van der Waals surface area contributed by atoms with Gasteiger partial charge < -0.3 is 19.7 Å². The normalized spacial score (nSPS) is 17.0. The van der Waals surface area contributed by atoms with Gasteiger partial charge in [-0.1, -0.05) is 0 Å². The fraction of sp³-hybridized carbons (Fsp3) is 0.600. The number of aryl methyl sites for hydroxylation is 2. The van der Waals surface area contributed by atoms with Crippen LogP contribution in [0.4, 0.5) is 5.82 Å². The molecule has 2 heterocycles. The molecule has 1 aliphatic heterocycles. The first-order valence-electron chi connectivity index (χ1n) is 11.8. The highest BCUT2D eigenvalue weighted by Gasteiger charge is 2.23. The van der Waals surface area contributed by atoms with Crippen LogP contribution < -0.4 is 10.1 Å². The predicted octanol–water partition coefficient (Wildman–Crippen LogP) is 4.26. The Kier molecular flexibility index (Phi) is 6.96. The summed E-state index contributed by atoms with van der Waals surface area (Å²) < 4.78 is 11.3. The summed E-state index contributed by atoms with van der Waals surface area (Å²) in [5.74, 6) is 1.47. The Hall–Kier alpha value is -2.34. The Morgan fingerprint density at radius 1 is 1.19 bits per heavy atom. The highest BCUT2D eigenvalue weighted by molar-refractivity contribution is 5.89. The fourth-order valence-corrected chi connectivity index (χ4v) is 4.78. The number of nitrogens with one attached hydrogen (secondary N) is 1. The zero-order valence-corrected chi connectivity index (χ0v) is 19.1. The fourth-order valence-electron chi connectivity index (χ4n) is 4.78. The van der Waals surface area contributed by atoms with Crippen molar-refractivity contribution in [3.05, 3.63) is 28.8 Å². The molecule has 0 spiro atoms. The first kappa shape index (κ1) is 21.9. The van der Waals surface area contributed by atoms with Gasteiger partial charge in [-0.3, -0.25) is 0 Å². The molecule has 0 bridgehead atoms. The molecule has 1 N–H and O–H groups in total. The number of fused-ring (bicyclic) bond motifs is 3. The average molecular weight is 426 g/mol. The van der Waals surface area contributed by atoms with Crippen LogP contribution in [0, 0.1) is 6.92 Å². The summed E-state index contributed by atoms with van der Waals surface area (Å²) in [6.45, 7) is 10.4. The van der Waals surface area contributed by atoms with Crippen LogP contribution in [0.1, 0.15) is 56.2 Å². The van der Waals surface area contributed by atoms with E-state index >= 15 is 0 Å². The lowest BCUT2D eigenvalue weighted by Crippen LogP contribution is -2.29. The summed E-state index contributed by atoms with van der Waals surface area (Å²) in [4.78, 5) is 19.5. The molecule has 1 aliphatic carbocycles. The van der Waals surface area contributed by atoms with Crippen molar-refractivity contribution in [2.24, 2.45) is 0 Å². The molecule has 2 aromatic rings. The minimum absolute atomic E-state index is 0.248. The van der Waals surface area contributed by atoms with Crippen LogP contribution in [0.25, 0.3) is 10.9 Å². The van der Waals surface area contributed by atoms with Crippen LogP contribution in [0.15, 0.2) is 12.1 Å². The Bertz CT molecular complexity index is 937. The molecule has 168 valence electrons. The van der Waals surface area contributed by atoms with Crippen molar-refractivity contribution in [2.45, 2.75) is 65.3 Å². The van der Waals surface area contributed by atoms with E-state index in [1.807, 2.05) is 13.8 Å². The summed E-state index contributed by atoms with van der Waals surface area (Å²) in [6.07, 6.45) is 6.85. The maximum atomic E-state index is 12.1. The Morgan fingerprint density at radius 3 is 2.74 bits per heavy atom. The molecule has 6 heteroatoms. The lowest BCUT2D eigenvalue weighted by Gasteiger charge is -2.19. The van der Waals surface area contributed by atoms with Crippen molar-refractivity contribution in [3.8, 4) is 5.75 Å². The number of aromatic nitrogens is 1. The first-order chi connectivity index (χ1) is 15.1. The van der Waals surface area contributed by atoms with Gasteiger partial charge in [-0.25, -0.2) is 9.78 Å². The minimum atomic E-state index is -0.429. The summed E-state index contributed by atoms with van der Waals surface area (Å²) in [7, 11) is 0. The van der Waals surface area contributed by atoms with E-state index in [-0.39, 0.29) is 5.97 Å². The third kappa shape index (κ3) is 4.95. The smallest absolute Gasteiger partial charge is 0.328 e. The Labute approximate surface area is 185 Å². The van der Waals surface area contributed by atoms with E-state index in [1.54, 1.807) is 0 Å². The molecular formula is C25H35N3O3. The van der Waals surface area contributed by atoms with Crippen LogP contribution >= 0.6 is 0 Å². The van der Waals surface area contributed by atoms with Gasteiger partial charge in [0.2, 0.25) is 0 Å². The van der Waals surface area contributed by atoms with E-state index in [0.29, 0.717) is 6.61 Å². The van der Waals surface area contributed by atoms with Crippen molar-refractivity contribution < 1.29 is 14.3 Å². The zero-order valence-electron chi connectivity index (χ0n) is 19.1. The number of pyridine rings is 1.